The zero-order valence-corrected chi connectivity index (χ0v) is 9.05. The molecule has 2 heterocycles. The number of likely N-dealkylation sites (tertiary alicyclic amines) is 1. The summed E-state index contributed by atoms with van der Waals surface area (Å²) in [6, 6.07) is 2.18. The lowest BCUT2D eigenvalue weighted by Crippen LogP contribution is -2.35. The number of hydrogen-bond acceptors (Lipinski definition) is 3. The van der Waals surface area contributed by atoms with Crippen molar-refractivity contribution >= 4 is 17.1 Å². The van der Waals surface area contributed by atoms with Crippen LogP contribution in [0.2, 0.25) is 0 Å². The molecule has 3 heteroatoms. The van der Waals surface area contributed by atoms with Crippen molar-refractivity contribution in [3.8, 4) is 0 Å². The van der Waals surface area contributed by atoms with Gasteiger partial charge in [-0.2, -0.15) is 11.3 Å². The van der Waals surface area contributed by atoms with Crippen LogP contribution in [0.5, 0.6) is 0 Å². The molecule has 2 nitrogen and oxygen atoms in total. The fourth-order valence-electron chi connectivity index (χ4n) is 1.75. The molecule has 0 aliphatic carbocycles. The van der Waals surface area contributed by atoms with Crippen LogP contribution < -0.4 is 0 Å². The molecule has 1 fully saturated rings. The molecule has 1 aromatic heterocycles. The molecule has 1 aliphatic heterocycles. The van der Waals surface area contributed by atoms with Crippen LogP contribution in [-0.2, 0) is 11.2 Å². The average molecular weight is 209 g/mol. The van der Waals surface area contributed by atoms with Crippen molar-refractivity contribution in [1.82, 2.24) is 4.90 Å². The Kier molecular flexibility index (Phi) is 3.32. The zero-order valence-electron chi connectivity index (χ0n) is 8.24. The highest BCUT2D eigenvalue weighted by Gasteiger charge is 2.15. The van der Waals surface area contributed by atoms with Crippen LogP contribution >= 0.6 is 11.3 Å². The van der Waals surface area contributed by atoms with Gasteiger partial charge >= 0.3 is 0 Å². The van der Waals surface area contributed by atoms with Gasteiger partial charge in [-0.05, 0) is 28.8 Å². The Balaban J connectivity index is 1.73. The largest absolute Gasteiger partial charge is 0.302 e. The maximum atomic E-state index is 11.0. The van der Waals surface area contributed by atoms with Gasteiger partial charge in [-0.1, -0.05) is 0 Å². The first-order chi connectivity index (χ1) is 6.84. The molecule has 0 saturated carbocycles. The molecule has 0 atom stereocenters. The van der Waals surface area contributed by atoms with Gasteiger partial charge in [0.1, 0.15) is 5.78 Å². The van der Waals surface area contributed by atoms with Crippen molar-refractivity contribution in [3.63, 3.8) is 0 Å². The molecular formula is C11H15NOS. The van der Waals surface area contributed by atoms with E-state index in [-0.39, 0.29) is 0 Å². The van der Waals surface area contributed by atoms with Crippen molar-refractivity contribution in [1.29, 1.82) is 0 Å². The molecule has 1 aliphatic rings. The maximum absolute atomic E-state index is 11.0. The summed E-state index contributed by atoms with van der Waals surface area (Å²) in [5, 5.41) is 4.32. The molecule has 2 rings (SSSR count). The molecule has 1 saturated heterocycles. The molecule has 14 heavy (non-hydrogen) atoms. The van der Waals surface area contributed by atoms with Crippen LogP contribution in [-0.4, -0.2) is 30.3 Å². The van der Waals surface area contributed by atoms with E-state index in [0.29, 0.717) is 5.78 Å². The van der Waals surface area contributed by atoms with Crippen molar-refractivity contribution in [2.75, 3.05) is 19.6 Å². The number of carbonyl (C=O) groups excluding carboxylic acids is 1. The molecule has 0 unspecified atom stereocenters. The smallest absolute Gasteiger partial charge is 0.135 e. The fraction of sp³-hybridized carbons (Fsp3) is 0.545. The Morgan fingerprint density at radius 1 is 1.36 bits per heavy atom. The van der Waals surface area contributed by atoms with Gasteiger partial charge in [0, 0.05) is 32.5 Å². The van der Waals surface area contributed by atoms with Gasteiger partial charge in [0.05, 0.1) is 0 Å². The van der Waals surface area contributed by atoms with Crippen LogP contribution in [0.25, 0.3) is 0 Å². The van der Waals surface area contributed by atoms with E-state index < -0.39 is 0 Å². The number of ketones is 1. The first kappa shape index (κ1) is 9.87. The van der Waals surface area contributed by atoms with Gasteiger partial charge in [-0.3, -0.25) is 4.79 Å². The number of hydrogen-bond donors (Lipinski definition) is 0. The summed E-state index contributed by atoms with van der Waals surface area (Å²) in [5.74, 6) is 0.428. The first-order valence-electron chi connectivity index (χ1n) is 5.10. The average Bonchev–Trinajstić information content (AvgIpc) is 2.70. The maximum Gasteiger partial charge on any atom is 0.135 e. The van der Waals surface area contributed by atoms with E-state index >= 15 is 0 Å². The quantitative estimate of drug-likeness (QED) is 0.758. The molecule has 0 radical (unpaired) electrons. The summed E-state index contributed by atoms with van der Waals surface area (Å²) in [4.78, 5) is 13.4. The normalized spacial score (nSPS) is 18.7. The molecule has 0 bridgehead atoms. The third-order valence-electron chi connectivity index (χ3n) is 2.71. The van der Waals surface area contributed by atoms with Crippen LogP contribution in [0.1, 0.15) is 18.4 Å². The number of nitrogens with zero attached hydrogens (tertiary/aromatic N) is 1. The topological polar surface area (TPSA) is 20.3 Å². The minimum atomic E-state index is 0.428. The van der Waals surface area contributed by atoms with Crippen LogP contribution in [0.15, 0.2) is 16.8 Å². The zero-order chi connectivity index (χ0) is 9.80. The van der Waals surface area contributed by atoms with E-state index in [2.05, 4.69) is 21.7 Å². The van der Waals surface area contributed by atoms with Crippen molar-refractivity contribution in [2.45, 2.75) is 19.3 Å². The lowest BCUT2D eigenvalue weighted by molar-refractivity contribution is -0.121. The van der Waals surface area contributed by atoms with Gasteiger partial charge in [0.25, 0.3) is 0 Å². The predicted molar refractivity (Wildman–Crippen MR) is 58.7 cm³/mol. The second kappa shape index (κ2) is 4.71. The fourth-order valence-corrected chi connectivity index (χ4v) is 2.45. The van der Waals surface area contributed by atoms with Crippen molar-refractivity contribution in [2.24, 2.45) is 0 Å². The standard InChI is InChI=1S/C11H15NOS/c13-11-2-6-12(7-3-11)5-1-10-4-8-14-9-10/h4,8-9H,1-3,5-7H2. The molecule has 0 N–H and O–H groups in total. The number of thiophene rings is 1. The van der Waals surface area contributed by atoms with Gasteiger partial charge in [-0.15, -0.1) is 0 Å². The summed E-state index contributed by atoms with van der Waals surface area (Å²) in [6.45, 7) is 3.02. The highest BCUT2D eigenvalue weighted by Crippen LogP contribution is 2.10. The van der Waals surface area contributed by atoms with Crippen LogP contribution in [0, 0.1) is 0 Å². The SMILES string of the molecule is O=C1CCN(CCc2ccsc2)CC1. The molecule has 1 aromatic rings. The Morgan fingerprint density at radius 2 is 2.14 bits per heavy atom. The Hall–Kier alpha value is -0.670. The summed E-state index contributed by atoms with van der Waals surface area (Å²) in [6.07, 6.45) is 2.63. The Morgan fingerprint density at radius 3 is 2.79 bits per heavy atom. The summed E-state index contributed by atoms with van der Waals surface area (Å²) < 4.78 is 0. The van der Waals surface area contributed by atoms with E-state index in [1.54, 1.807) is 11.3 Å². The van der Waals surface area contributed by atoms with E-state index in [0.717, 1.165) is 38.9 Å². The van der Waals surface area contributed by atoms with E-state index in [9.17, 15) is 4.79 Å². The summed E-state index contributed by atoms with van der Waals surface area (Å²) in [7, 11) is 0. The number of carbonyl (C=O) groups is 1. The van der Waals surface area contributed by atoms with Gasteiger partial charge in [-0.25, -0.2) is 0 Å². The number of Topliss-reactive ketones (excluding diaryl/α,β-unsaturated/α-hetero) is 1. The van der Waals surface area contributed by atoms with Gasteiger partial charge < -0.3 is 4.90 Å². The Bertz CT molecular complexity index is 284. The monoisotopic (exact) mass is 209 g/mol. The minimum Gasteiger partial charge on any atom is -0.302 e. The third kappa shape index (κ3) is 2.66. The van der Waals surface area contributed by atoms with Gasteiger partial charge in [0.2, 0.25) is 0 Å². The lowest BCUT2D eigenvalue weighted by atomic mass is 10.1. The summed E-state index contributed by atoms with van der Waals surface area (Å²) >= 11 is 1.75. The molecular weight excluding hydrogens is 194 g/mol. The molecule has 0 aromatic carbocycles. The Labute approximate surface area is 88.5 Å². The van der Waals surface area contributed by atoms with E-state index in [4.69, 9.17) is 0 Å². The van der Waals surface area contributed by atoms with Crippen molar-refractivity contribution < 1.29 is 4.79 Å². The van der Waals surface area contributed by atoms with Crippen molar-refractivity contribution in [3.05, 3.63) is 22.4 Å². The highest BCUT2D eigenvalue weighted by atomic mass is 32.1. The second-order valence-electron chi connectivity index (χ2n) is 3.76. The lowest BCUT2D eigenvalue weighted by Gasteiger charge is -2.25. The first-order valence-corrected chi connectivity index (χ1v) is 6.04. The minimum absolute atomic E-state index is 0.428. The number of piperidine rings is 1. The second-order valence-corrected chi connectivity index (χ2v) is 4.54. The molecule has 0 spiro atoms. The highest BCUT2D eigenvalue weighted by molar-refractivity contribution is 7.07. The predicted octanol–water partition coefficient (Wildman–Crippen LogP) is 1.96. The van der Waals surface area contributed by atoms with Crippen LogP contribution in [0.3, 0.4) is 0 Å². The third-order valence-corrected chi connectivity index (χ3v) is 3.44. The number of rotatable bonds is 3. The molecule has 76 valence electrons. The van der Waals surface area contributed by atoms with E-state index in [1.807, 2.05) is 0 Å². The van der Waals surface area contributed by atoms with E-state index in [1.165, 1.54) is 5.56 Å². The van der Waals surface area contributed by atoms with Crippen LogP contribution in [0.4, 0.5) is 0 Å². The van der Waals surface area contributed by atoms with Gasteiger partial charge in [0.15, 0.2) is 0 Å². The summed E-state index contributed by atoms with van der Waals surface area (Å²) in [5.41, 5.74) is 1.42. The molecule has 0 amide bonds.